The number of anilines is 1. The molecule has 3 aromatic rings. The quantitative estimate of drug-likeness (QED) is 0.747. The molecular weight excluding hydrogens is 284 g/mol. The van der Waals surface area contributed by atoms with Crippen molar-refractivity contribution < 1.29 is 9.90 Å². The minimum Gasteiger partial charge on any atom is -0.465 e. The van der Waals surface area contributed by atoms with E-state index in [1.54, 1.807) is 35.7 Å². The summed E-state index contributed by atoms with van der Waals surface area (Å²) in [4.78, 5) is 19.1. The maximum atomic E-state index is 10.8. The van der Waals surface area contributed by atoms with Gasteiger partial charge in [0.25, 0.3) is 0 Å². The molecule has 0 fully saturated rings. The Morgan fingerprint density at radius 2 is 2.23 bits per heavy atom. The summed E-state index contributed by atoms with van der Waals surface area (Å²) in [6, 6.07) is 8.56. The second kappa shape index (κ2) is 5.14. The Hall–Kier alpha value is -3.47. The number of fused-ring (bicyclic) bond motifs is 1. The first-order valence-electron chi connectivity index (χ1n) is 6.30. The number of rotatable bonds is 2. The van der Waals surface area contributed by atoms with Gasteiger partial charge in [-0.2, -0.15) is 10.4 Å². The number of nitrogens with one attached hydrogen (secondary N) is 1. The second-order valence-electron chi connectivity index (χ2n) is 4.53. The minimum absolute atomic E-state index is 0.316. The molecule has 0 bridgehead atoms. The highest BCUT2D eigenvalue weighted by Crippen LogP contribution is 2.26. The molecule has 0 aliphatic carbocycles. The summed E-state index contributed by atoms with van der Waals surface area (Å²) in [5, 5.41) is 24.2. The maximum Gasteiger partial charge on any atom is 0.409 e. The summed E-state index contributed by atoms with van der Waals surface area (Å²) < 4.78 is 1.59. The van der Waals surface area contributed by atoms with E-state index in [1.807, 2.05) is 6.07 Å². The van der Waals surface area contributed by atoms with Crippen LogP contribution in [0.15, 0.2) is 30.6 Å². The van der Waals surface area contributed by atoms with Gasteiger partial charge in [-0.3, -0.25) is 5.32 Å². The lowest BCUT2D eigenvalue weighted by atomic mass is 10.1. The highest BCUT2D eigenvalue weighted by Gasteiger charge is 2.12. The molecule has 0 atom stereocenters. The largest absolute Gasteiger partial charge is 0.465 e. The van der Waals surface area contributed by atoms with E-state index in [2.05, 4.69) is 20.4 Å². The van der Waals surface area contributed by atoms with E-state index >= 15 is 0 Å². The van der Waals surface area contributed by atoms with Crippen LogP contribution in [0.1, 0.15) is 11.4 Å². The van der Waals surface area contributed by atoms with Gasteiger partial charge in [0.2, 0.25) is 0 Å². The van der Waals surface area contributed by atoms with Crippen LogP contribution in [0, 0.1) is 18.3 Å². The predicted octanol–water partition coefficient (Wildman–Crippen LogP) is 2.06. The van der Waals surface area contributed by atoms with Gasteiger partial charge in [0, 0.05) is 23.0 Å². The lowest BCUT2D eigenvalue weighted by molar-refractivity contribution is 0.210. The lowest BCUT2D eigenvalue weighted by Gasteiger charge is -2.10. The number of pyridine rings is 2. The SMILES string of the molecule is Cc1nc(C#N)ccc1-c1cc(NC(=O)O)cc2ncnn12. The first-order valence-corrected chi connectivity index (χ1v) is 6.30. The summed E-state index contributed by atoms with van der Waals surface area (Å²) in [6.45, 7) is 1.77. The standard InChI is InChI=1S/C14H10N6O2/c1-8-11(3-2-9(6-15)18-8)12-4-10(19-14(21)22)5-13-16-7-17-20(12)13/h2-5,7,19H,1H3,(H,21,22). The van der Waals surface area contributed by atoms with Crippen LogP contribution >= 0.6 is 0 Å². The van der Waals surface area contributed by atoms with Crippen LogP contribution in [0.5, 0.6) is 0 Å². The fourth-order valence-electron chi connectivity index (χ4n) is 2.21. The average Bonchev–Trinajstić information content (AvgIpc) is 2.94. The Morgan fingerprint density at radius 1 is 1.41 bits per heavy atom. The van der Waals surface area contributed by atoms with E-state index in [0.717, 1.165) is 5.56 Å². The molecule has 2 N–H and O–H groups in total. The molecule has 0 aliphatic rings. The topological polar surface area (TPSA) is 116 Å². The van der Waals surface area contributed by atoms with E-state index in [-0.39, 0.29) is 0 Å². The molecule has 0 aliphatic heterocycles. The van der Waals surface area contributed by atoms with Crippen molar-refractivity contribution in [2.24, 2.45) is 0 Å². The number of hydrogen-bond donors (Lipinski definition) is 2. The van der Waals surface area contributed by atoms with Gasteiger partial charge in [-0.1, -0.05) is 0 Å². The summed E-state index contributed by atoms with van der Waals surface area (Å²) in [5.41, 5.74) is 3.22. The van der Waals surface area contributed by atoms with Gasteiger partial charge < -0.3 is 5.11 Å². The summed E-state index contributed by atoms with van der Waals surface area (Å²) in [7, 11) is 0. The molecule has 22 heavy (non-hydrogen) atoms. The zero-order chi connectivity index (χ0) is 15.7. The Balaban J connectivity index is 2.23. The first-order chi connectivity index (χ1) is 10.6. The van der Waals surface area contributed by atoms with Gasteiger partial charge in [-0.05, 0) is 25.1 Å². The fourth-order valence-corrected chi connectivity index (χ4v) is 2.21. The highest BCUT2D eigenvalue weighted by molar-refractivity contribution is 5.85. The third-order valence-electron chi connectivity index (χ3n) is 3.11. The molecule has 3 aromatic heterocycles. The number of carboxylic acid groups (broad SMARTS) is 1. The maximum absolute atomic E-state index is 10.8. The Labute approximate surface area is 124 Å². The molecular formula is C14H10N6O2. The van der Waals surface area contributed by atoms with Crippen LogP contribution < -0.4 is 5.32 Å². The Bertz CT molecular complexity index is 925. The molecule has 3 heterocycles. The zero-order valence-electron chi connectivity index (χ0n) is 11.5. The van der Waals surface area contributed by atoms with Crippen LogP contribution in [0.2, 0.25) is 0 Å². The van der Waals surface area contributed by atoms with Crippen molar-refractivity contribution in [3.05, 3.63) is 42.0 Å². The number of nitriles is 1. The average molecular weight is 294 g/mol. The minimum atomic E-state index is -1.16. The van der Waals surface area contributed by atoms with Crippen molar-refractivity contribution >= 4 is 17.4 Å². The molecule has 0 unspecified atom stereocenters. The van der Waals surface area contributed by atoms with Crippen molar-refractivity contribution in [3.8, 4) is 17.3 Å². The van der Waals surface area contributed by atoms with Crippen LogP contribution in [0.4, 0.5) is 10.5 Å². The monoisotopic (exact) mass is 294 g/mol. The molecule has 1 amide bonds. The van der Waals surface area contributed by atoms with Crippen molar-refractivity contribution in [1.29, 1.82) is 5.26 Å². The molecule has 108 valence electrons. The lowest BCUT2D eigenvalue weighted by Crippen LogP contribution is -2.08. The summed E-state index contributed by atoms with van der Waals surface area (Å²) in [6.07, 6.45) is 0.222. The zero-order valence-corrected chi connectivity index (χ0v) is 11.5. The van der Waals surface area contributed by atoms with Crippen molar-refractivity contribution in [3.63, 3.8) is 0 Å². The molecule has 3 rings (SSSR count). The highest BCUT2D eigenvalue weighted by atomic mass is 16.4. The number of amides is 1. The van der Waals surface area contributed by atoms with Gasteiger partial charge >= 0.3 is 6.09 Å². The van der Waals surface area contributed by atoms with Gasteiger partial charge in [-0.25, -0.2) is 19.3 Å². The molecule has 0 saturated heterocycles. The van der Waals surface area contributed by atoms with E-state index < -0.39 is 6.09 Å². The molecule has 8 heteroatoms. The third-order valence-corrected chi connectivity index (χ3v) is 3.11. The molecule has 8 nitrogen and oxygen atoms in total. The van der Waals surface area contributed by atoms with Gasteiger partial charge in [-0.15, -0.1) is 0 Å². The third kappa shape index (κ3) is 2.31. The fraction of sp³-hybridized carbons (Fsp3) is 0.0714. The molecule has 0 saturated carbocycles. The Morgan fingerprint density at radius 3 is 2.91 bits per heavy atom. The summed E-state index contributed by atoms with van der Waals surface area (Å²) >= 11 is 0. The van der Waals surface area contributed by atoms with Crippen LogP contribution in [0.3, 0.4) is 0 Å². The van der Waals surface area contributed by atoms with Crippen molar-refractivity contribution in [1.82, 2.24) is 19.6 Å². The van der Waals surface area contributed by atoms with Crippen molar-refractivity contribution in [2.45, 2.75) is 6.92 Å². The number of nitrogens with zero attached hydrogens (tertiary/aromatic N) is 5. The van der Waals surface area contributed by atoms with Crippen LogP contribution in [-0.2, 0) is 0 Å². The number of aryl methyl sites for hydroxylation is 1. The van der Waals surface area contributed by atoms with Gasteiger partial charge in [0.05, 0.1) is 5.69 Å². The molecule has 0 aromatic carbocycles. The van der Waals surface area contributed by atoms with E-state index in [4.69, 9.17) is 10.4 Å². The number of hydrogen-bond acceptors (Lipinski definition) is 5. The normalized spacial score (nSPS) is 10.4. The first kappa shape index (κ1) is 13.5. The smallest absolute Gasteiger partial charge is 0.409 e. The Kier molecular flexibility index (Phi) is 3.16. The van der Waals surface area contributed by atoms with Crippen LogP contribution in [-0.4, -0.2) is 30.8 Å². The van der Waals surface area contributed by atoms with Crippen LogP contribution in [0.25, 0.3) is 16.9 Å². The number of carbonyl (C=O) groups is 1. The molecule has 0 radical (unpaired) electrons. The summed E-state index contributed by atoms with van der Waals surface area (Å²) in [5.74, 6) is 0. The van der Waals surface area contributed by atoms with E-state index in [1.165, 1.54) is 6.33 Å². The van der Waals surface area contributed by atoms with Crippen molar-refractivity contribution in [2.75, 3.05) is 5.32 Å². The number of aromatic nitrogens is 4. The predicted molar refractivity (Wildman–Crippen MR) is 77.3 cm³/mol. The molecule has 0 spiro atoms. The van der Waals surface area contributed by atoms with Gasteiger partial charge in [0.15, 0.2) is 5.65 Å². The second-order valence-corrected chi connectivity index (χ2v) is 4.53. The van der Waals surface area contributed by atoms with E-state index in [0.29, 0.717) is 28.4 Å². The van der Waals surface area contributed by atoms with Gasteiger partial charge in [0.1, 0.15) is 18.1 Å². The van der Waals surface area contributed by atoms with E-state index in [9.17, 15) is 4.79 Å².